The molecule has 3 heteroatoms. The molecule has 0 spiro atoms. The molecule has 0 atom stereocenters. The number of anilines is 6. The molecule has 2 nitrogen and oxygen atoms in total. The number of hydrogen-bond donors (Lipinski definition) is 0. The highest BCUT2D eigenvalue weighted by Crippen LogP contribution is 2.52. The molecule has 2 aliphatic heterocycles. The molecule has 49 heavy (non-hydrogen) atoms. The quantitative estimate of drug-likeness (QED) is 0.179. The van der Waals surface area contributed by atoms with E-state index in [-0.39, 0.29) is 17.5 Å². The molecule has 0 bridgehead atoms. The van der Waals surface area contributed by atoms with Crippen LogP contribution in [0, 0.1) is 0 Å². The second-order valence-electron chi connectivity index (χ2n) is 16.0. The van der Waals surface area contributed by atoms with Crippen LogP contribution in [0.1, 0.15) is 76.6 Å². The molecule has 0 fully saturated rings. The predicted molar refractivity (Wildman–Crippen MR) is 211 cm³/mol. The van der Waals surface area contributed by atoms with Gasteiger partial charge in [-0.15, -0.1) is 0 Å². The average molecular weight is 635 g/mol. The van der Waals surface area contributed by atoms with E-state index in [4.69, 9.17) is 0 Å². The van der Waals surface area contributed by atoms with Crippen molar-refractivity contribution in [2.24, 2.45) is 0 Å². The summed E-state index contributed by atoms with van der Waals surface area (Å²) in [5, 5.41) is 0. The zero-order valence-electron chi connectivity index (χ0n) is 29.7. The van der Waals surface area contributed by atoms with Crippen molar-refractivity contribution in [1.29, 1.82) is 0 Å². The Kier molecular flexibility index (Phi) is 6.44. The lowest BCUT2D eigenvalue weighted by Crippen LogP contribution is -2.62. The van der Waals surface area contributed by atoms with Crippen LogP contribution in [0.4, 0.5) is 34.1 Å². The van der Waals surface area contributed by atoms with Gasteiger partial charge in [-0.3, -0.25) is 0 Å². The van der Waals surface area contributed by atoms with E-state index in [1.807, 2.05) is 0 Å². The normalized spacial score (nSPS) is 15.1. The van der Waals surface area contributed by atoms with Crippen LogP contribution in [-0.2, 0) is 10.8 Å². The van der Waals surface area contributed by atoms with Gasteiger partial charge in [0.1, 0.15) is 0 Å². The molecule has 6 aromatic carbocycles. The summed E-state index contributed by atoms with van der Waals surface area (Å²) in [6.07, 6.45) is 0. The predicted octanol–water partition coefficient (Wildman–Crippen LogP) is 10.5. The molecule has 3 aliphatic rings. The van der Waals surface area contributed by atoms with E-state index in [0.717, 1.165) is 0 Å². The van der Waals surface area contributed by atoms with Crippen molar-refractivity contribution < 1.29 is 0 Å². The minimum atomic E-state index is -0.0905. The molecule has 0 aromatic heterocycles. The van der Waals surface area contributed by atoms with Gasteiger partial charge in [0.2, 0.25) is 0 Å². The zero-order valence-corrected chi connectivity index (χ0v) is 29.7. The van der Waals surface area contributed by atoms with Gasteiger partial charge in [0.15, 0.2) is 0 Å². The van der Waals surface area contributed by atoms with Gasteiger partial charge >= 0.3 is 0 Å². The van der Waals surface area contributed by atoms with Gasteiger partial charge in [-0.05, 0) is 110 Å². The highest BCUT2D eigenvalue weighted by Gasteiger charge is 2.48. The van der Waals surface area contributed by atoms with Crippen molar-refractivity contribution in [1.82, 2.24) is 0 Å². The van der Waals surface area contributed by atoms with E-state index >= 15 is 0 Å². The molecular formula is C46H43BN2. The Morgan fingerprint density at radius 2 is 1.16 bits per heavy atom. The largest absolute Gasteiger partial charge is 0.311 e. The monoisotopic (exact) mass is 634 g/mol. The van der Waals surface area contributed by atoms with Gasteiger partial charge in [-0.1, -0.05) is 127 Å². The Morgan fingerprint density at radius 1 is 0.571 bits per heavy atom. The van der Waals surface area contributed by atoms with Crippen molar-refractivity contribution in [2.45, 2.75) is 65.2 Å². The summed E-state index contributed by atoms with van der Waals surface area (Å²) >= 11 is 0. The summed E-state index contributed by atoms with van der Waals surface area (Å²) in [6, 6.07) is 48.3. The maximum absolute atomic E-state index is 2.56. The van der Waals surface area contributed by atoms with Crippen molar-refractivity contribution in [3.63, 3.8) is 0 Å². The summed E-state index contributed by atoms with van der Waals surface area (Å²) in [6.45, 7) is 16.5. The molecule has 0 N–H and O–H groups in total. The Labute approximate surface area is 292 Å². The van der Waals surface area contributed by atoms with E-state index in [2.05, 4.69) is 186 Å². The third kappa shape index (κ3) is 4.27. The van der Waals surface area contributed by atoms with Gasteiger partial charge in [-0.2, -0.15) is 0 Å². The third-order valence-corrected chi connectivity index (χ3v) is 11.4. The maximum atomic E-state index is 2.56. The first-order valence-corrected chi connectivity index (χ1v) is 17.9. The van der Waals surface area contributed by atoms with Crippen LogP contribution in [0.3, 0.4) is 0 Å². The van der Waals surface area contributed by atoms with Gasteiger partial charge in [-0.25, -0.2) is 0 Å². The second kappa shape index (κ2) is 10.5. The number of hydrogen-bond acceptors (Lipinski definition) is 2. The van der Waals surface area contributed by atoms with Gasteiger partial charge in [0, 0.05) is 39.5 Å². The minimum absolute atomic E-state index is 0.0153. The molecule has 0 unspecified atom stereocenters. The van der Waals surface area contributed by atoms with Gasteiger partial charge in [0.05, 0.1) is 0 Å². The van der Waals surface area contributed by atoms with Crippen LogP contribution in [0.15, 0.2) is 127 Å². The molecule has 0 saturated carbocycles. The van der Waals surface area contributed by atoms with Gasteiger partial charge in [0.25, 0.3) is 6.71 Å². The number of nitrogens with zero attached hydrogens (tertiary/aromatic N) is 2. The molecule has 9 rings (SSSR count). The third-order valence-electron chi connectivity index (χ3n) is 11.4. The van der Waals surface area contributed by atoms with Crippen LogP contribution in [0.25, 0.3) is 11.1 Å². The smallest absolute Gasteiger partial charge is 0.252 e. The first kappa shape index (κ1) is 30.1. The van der Waals surface area contributed by atoms with Crippen molar-refractivity contribution in [2.75, 3.05) is 9.80 Å². The fourth-order valence-corrected chi connectivity index (χ4v) is 8.81. The minimum Gasteiger partial charge on any atom is -0.311 e. The van der Waals surface area contributed by atoms with E-state index in [0.29, 0.717) is 5.92 Å². The standard InChI is InChI=1S/C46H43BN2/c1-29(2)30-26-40-43-41(27-30)49(33-18-12-9-13-19-33)39-28-31(45(3,4)5)22-24-37(39)47(43)44-38(48(40)32-16-10-8-11-17-32)25-23-36-42(44)34-20-14-15-21-35(34)46(36,6)7/h8-29H,1-7H3. The Balaban J connectivity index is 1.47. The molecule has 1 aliphatic carbocycles. The Hall–Kier alpha value is -5.02. The molecule has 0 amide bonds. The SMILES string of the molecule is CC(C)c1cc2c3c(c1)N(c1ccccc1)c1ccc4c(c1B3c1ccc(C(C)(C)C)cc1N2c1ccccc1)-c1ccccc1C4(C)C. The van der Waals surface area contributed by atoms with Crippen molar-refractivity contribution in [3.8, 4) is 11.1 Å². The summed E-state index contributed by atoms with van der Waals surface area (Å²) in [5.41, 5.74) is 19.9. The topological polar surface area (TPSA) is 6.48 Å². The Bertz CT molecular complexity index is 2280. The van der Waals surface area contributed by atoms with Crippen LogP contribution >= 0.6 is 0 Å². The molecule has 6 aromatic rings. The van der Waals surface area contributed by atoms with E-state index in [1.165, 1.54) is 83.9 Å². The van der Waals surface area contributed by atoms with Crippen LogP contribution in [0.5, 0.6) is 0 Å². The van der Waals surface area contributed by atoms with Crippen LogP contribution < -0.4 is 26.2 Å². The van der Waals surface area contributed by atoms with Crippen molar-refractivity contribution >= 4 is 57.2 Å². The van der Waals surface area contributed by atoms with Crippen molar-refractivity contribution in [3.05, 3.63) is 150 Å². The number of fused-ring (bicyclic) bond motifs is 8. The second-order valence-corrected chi connectivity index (χ2v) is 16.0. The Morgan fingerprint density at radius 3 is 1.78 bits per heavy atom. The molecular weight excluding hydrogens is 591 g/mol. The van der Waals surface area contributed by atoms with E-state index in [9.17, 15) is 0 Å². The van der Waals surface area contributed by atoms with E-state index in [1.54, 1.807) is 0 Å². The lowest BCUT2D eigenvalue weighted by molar-refractivity contribution is 0.590. The highest BCUT2D eigenvalue weighted by atomic mass is 15.2. The van der Waals surface area contributed by atoms with Crippen LogP contribution in [-0.4, -0.2) is 6.71 Å². The highest BCUT2D eigenvalue weighted by molar-refractivity contribution is 7.01. The molecule has 240 valence electrons. The molecule has 2 heterocycles. The first-order valence-electron chi connectivity index (χ1n) is 17.9. The fraction of sp³-hybridized carbons (Fsp3) is 0.217. The number of rotatable bonds is 3. The van der Waals surface area contributed by atoms with Crippen LogP contribution in [0.2, 0.25) is 0 Å². The zero-order chi connectivity index (χ0) is 33.8. The summed E-state index contributed by atoms with van der Waals surface area (Å²) < 4.78 is 0. The summed E-state index contributed by atoms with van der Waals surface area (Å²) in [5.74, 6) is 0.367. The average Bonchev–Trinajstić information content (AvgIpc) is 3.34. The number of benzene rings is 6. The van der Waals surface area contributed by atoms with E-state index < -0.39 is 0 Å². The molecule has 0 radical (unpaired) electrons. The number of para-hydroxylation sites is 2. The lowest BCUT2D eigenvalue weighted by atomic mass is 9.32. The lowest BCUT2D eigenvalue weighted by Gasteiger charge is -2.45. The first-order chi connectivity index (χ1) is 23.6. The summed E-state index contributed by atoms with van der Waals surface area (Å²) in [7, 11) is 0. The summed E-state index contributed by atoms with van der Waals surface area (Å²) in [4.78, 5) is 5.11. The fourth-order valence-electron chi connectivity index (χ4n) is 8.81. The maximum Gasteiger partial charge on any atom is 0.252 e. The van der Waals surface area contributed by atoms with Gasteiger partial charge < -0.3 is 9.80 Å². The molecule has 0 saturated heterocycles.